The second-order valence-electron chi connectivity index (χ2n) is 9.60. The van der Waals surface area contributed by atoms with Crippen LogP contribution in [0.25, 0.3) is 11.1 Å². The molecule has 9 heteroatoms. The minimum atomic E-state index is -4.62. The van der Waals surface area contributed by atoms with Gasteiger partial charge in [0.05, 0.1) is 12.0 Å². The van der Waals surface area contributed by atoms with Crippen molar-refractivity contribution in [2.75, 3.05) is 6.54 Å². The Morgan fingerprint density at radius 2 is 1.43 bits per heavy atom. The highest BCUT2D eigenvalue weighted by Crippen LogP contribution is 2.38. The molecule has 0 saturated carbocycles. The van der Waals surface area contributed by atoms with Crippen molar-refractivity contribution in [1.82, 2.24) is 4.90 Å². The van der Waals surface area contributed by atoms with Gasteiger partial charge in [-0.1, -0.05) is 72.8 Å². The SMILES string of the molecule is CCN(Cc1cc(C(F)(F)F)ccc1-c1cc(CC(=O)O)ccc1OCc1ccccc1)C(=O)OCc1ccccc1. The van der Waals surface area contributed by atoms with Crippen LogP contribution in [0.4, 0.5) is 18.0 Å². The van der Waals surface area contributed by atoms with Crippen LogP contribution in [0.15, 0.2) is 97.1 Å². The maximum Gasteiger partial charge on any atom is 0.416 e. The lowest BCUT2D eigenvalue weighted by Gasteiger charge is -2.24. The van der Waals surface area contributed by atoms with Gasteiger partial charge in [0.2, 0.25) is 0 Å². The molecule has 0 fully saturated rings. The molecule has 4 aromatic carbocycles. The number of hydrogen-bond donors (Lipinski definition) is 1. The average molecular weight is 578 g/mol. The molecule has 0 spiro atoms. The fourth-order valence-corrected chi connectivity index (χ4v) is 4.42. The molecule has 218 valence electrons. The summed E-state index contributed by atoms with van der Waals surface area (Å²) in [5.41, 5.74) is 2.24. The van der Waals surface area contributed by atoms with Crippen molar-refractivity contribution in [3.8, 4) is 16.9 Å². The van der Waals surface area contributed by atoms with E-state index in [1.807, 2.05) is 48.5 Å². The number of carboxylic acid groups (broad SMARTS) is 1. The number of benzene rings is 4. The summed E-state index contributed by atoms with van der Waals surface area (Å²) in [5.74, 6) is -0.687. The smallest absolute Gasteiger partial charge is 0.416 e. The maximum absolute atomic E-state index is 13.8. The van der Waals surface area contributed by atoms with Crippen molar-refractivity contribution in [3.05, 3.63) is 125 Å². The molecule has 1 N–H and O–H groups in total. The van der Waals surface area contributed by atoms with Gasteiger partial charge in [-0.05, 0) is 59.0 Å². The van der Waals surface area contributed by atoms with Gasteiger partial charge in [-0.2, -0.15) is 13.2 Å². The summed E-state index contributed by atoms with van der Waals surface area (Å²) in [6, 6.07) is 26.5. The maximum atomic E-state index is 13.8. The highest BCUT2D eigenvalue weighted by Gasteiger charge is 2.32. The van der Waals surface area contributed by atoms with Gasteiger partial charge in [0.15, 0.2) is 0 Å². The lowest BCUT2D eigenvalue weighted by Crippen LogP contribution is -2.31. The Bertz CT molecular complexity index is 1510. The fourth-order valence-electron chi connectivity index (χ4n) is 4.42. The van der Waals surface area contributed by atoms with Crippen LogP contribution in [0.2, 0.25) is 0 Å². The van der Waals surface area contributed by atoms with Crippen LogP contribution >= 0.6 is 0 Å². The van der Waals surface area contributed by atoms with Gasteiger partial charge >= 0.3 is 18.2 Å². The number of hydrogen-bond acceptors (Lipinski definition) is 4. The molecule has 0 unspecified atom stereocenters. The molecule has 0 aliphatic carbocycles. The number of carbonyl (C=O) groups excluding carboxylic acids is 1. The van der Waals surface area contributed by atoms with Crippen LogP contribution in [-0.2, 0) is 41.9 Å². The first-order chi connectivity index (χ1) is 20.1. The van der Waals surface area contributed by atoms with Crippen LogP contribution in [0, 0.1) is 0 Å². The van der Waals surface area contributed by atoms with E-state index in [-0.39, 0.29) is 38.3 Å². The molecule has 0 bridgehead atoms. The monoisotopic (exact) mass is 577 g/mol. The number of carbonyl (C=O) groups is 2. The van der Waals surface area contributed by atoms with Crippen LogP contribution in [0.3, 0.4) is 0 Å². The van der Waals surface area contributed by atoms with Gasteiger partial charge < -0.3 is 19.5 Å². The van der Waals surface area contributed by atoms with Crippen molar-refractivity contribution < 1.29 is 37.3 Å². The zero-order valence-electron chi connectivity index (χ0n) is 22.9. The molecule has 0 saturated heterocycles. The van der Waals surface area contributed by atoms with E-state index in [0.717, 1.165) is 23.3 Å². The lowest BCUT2D eigenvalue weighted by atomic mass is 9.94. The summed E-state index contributed by atoms with van der Waals surface area (Å²) in [7, 11) is 0. The molecule has 0 heterocycles. The molecule has 0 aliphatic rings. The van der Waals surface area contributed by atoms with Crippen molar-refractivity contribution in [2.45, 2.75) is 39.3 Å². The summed E-state index contributed by atoms with van der Waals surface area (Å²) >= 11 is 0. The zero-order chi connectivity index (χ0) is 30.1. The van der Waals surface area contributed by atoms with Crippen molar-refractivity contribution in [3.63, 3.8) is 0 Å². The Balaban J connectivity index is 1.71. The molecule has 0 atom stereocenters. The third kappa shape index (κ3) is 8.13. The molecular formula is C33H30F3NO5. The van der Waals surface area contributed by atoms with E-state index in [2.05, 4.69) is 0 Å². The van der Waals surface area contributed by atoms with Gasteiger partial charge in [0, 0.05) is 18.7 Å². The highest BCUT2D eigenvalue weighted by atomic mass is 19.4. The first kappa shape index (κ1) is 30.2. The molecule has 0 aliphatic heterocycles. The van der Waals surface area contributed by atoms with Crippen LogP contribution in [0.5, 0.6) is 5.75 Å². The summed E-state index contributed by atoms with van der Waals surface area (Å²) in [5, 5.41) is 9.36. The van der Waals surface area contributed by atoms with Crippen LogP contribution in [-0.4, -0.2) is 28.6 Å². The summed E-state index contributed by atoms with van der Waals surface area (Å²) in [6.07, 6.45) is -5.57. The Hall–Kier alpha value is -4.79. The predicted molar refractivity (Wildman–Crippen MR) is 152 cm³/mol. The first-order valence-corrected chi connectivity index (χ1v) is 13.3. The van der Waals surface area contributed by atoms with Crippen molar-refractivity contribution in [2.24, 2.45) is 0 Å². The lowest BCUT2D eigenvalue weighted by molar-refractivity contribution is -0.138. The predicted octanol–water partition coefficient (Wildman–Crippen LogP) is 7.74. The first-order valence-electron chi connectivity index (χ1n) is 13.3. The van der Waals surface area contributed by atoms with E-state index in [1.165, 1.54) is 11.0 Å². The Labute approximate surface area is 241 Å². The van der Waals surface area contributed by atoms with Gasteiger partial charge in [0.1, 0.15) is 19.0 Å². The number of alkyl halides is 3. The van der Waals surface area contributed by atoms with Gasteiger partial charge in [-0.25, -0.2) is 4.79 Å². The fraction of sp³-hybridized carbons (Fsp3) is 0.212. The van der Waals surface area contributed by atoms with E-state index in [9.17, 15) is 27.9 Å². The van der Waals surface area contributed by atoms with Crippen molar-refractivity contribution in [1.29, 1.82) is 0 Å². The third-order valence-electron chi connectivity index (χ3n) is 6.57. The van der Waals surface area contributed by atoms with Crippen LogP contribution in [0.1, 0.15) is 34.7 Å². The summed E-state index contributed by atoms with van der Waals surface area (Å²) in [6.45, 7) is 1.92. The number of halogens is 3. The standard InChI is InChI=1S/C33H30F3NO5/c1-2-37(32(40)42-22-24-11-7-4-8-12-24)20-26-19-27(33(34,35)36)14-15-28(26)29-17-25(18-31(38)39)13-16-30(29)41-21-23-9-5-3-6-10-23/h3-17,19H,2,18,20-22H2,1H3,(H,38,39). The molecule has 0 aromatic heterocycles. The molecule has 4 rings (SSSR count). The van der Waals surface area contributed by atoms with E-state index in [0.29, 0.717) is 22.4 Å². The van der Waals surface area contributed by atoms with Gasteiger partial charge in [-0.3, -0.25) is 4.79 Å². The average Bonchev–Trinajstić information content (AvgIpc) is 2.98. The van der Waals surface area contributed by atoms with Crippen LogP contribution < -0.4 is 4.74 Å². The topological polar surface area (TPSA) is 76.1 Å². The number of rotatable bonds is 11. The number of aliphatic carboxylic acids is 1. The van der Waals surface area contributed by atoms with E-state index in [4.69, 9.17) is 9.47 Å². The number of amides is 1. The van der Waals surface area contributed by atoms with Gasteiger partial charge in [-0.15, -0.1) is 0 Å². The molecule has 4 aromatic rings. The molecule has 1 amide bonds. The van der Waals surface area contributed by atoms with E-state index >= 15 is 0 Å². The zero-order valence-corrected chi connectivity index (χ0v) is 22.9. The minimum absolute atomic E-state index is 0.0142. The third-order valence-corrected chi connectivity index (χ3v) is 6.57. The van der Waals surface area contributed by atoms with Gasteiger partial charge in [0.25, 0.3) is 0 Å². The summed E-state index contributed by atoms with van der Waals surface area (Å²) < 4.78 is 52.9. The molecule has 42 heavy (non-hydrogen) atoms. The second-order valence-corrected chi connectivity index (χ2v) is 9.60. The Morgan fingerprint density at radius 1 is 0.786 bits per heavy atom. The Kier molecular flexibility index (Phi) is 9.85. The molecule has 6 nitrogen and oxygen atoms in total. The molecular weight excluding hydrogens is 547 g/mol. The highest BCUT2D eigenvalue weighted by molar-refractivity contribution is 5.77. The van der Waals surface area contributed by atoms with E-state index in [1.54, 1.807) is 37.3 Å². The summed E-state index contributed by atoms with van der Waals surface area (Å²) in [4.78, 5) is 25.7. The second kappa shape index (κ2) is 13.7. The van der Waals surface area contributed by atoms with Crippen molar-refractivity contribution >= 4 is 12.1 Å². The minimum Gasteiger partial charge on any atom is -0.488 e. The number of carboxylic acids is 1. The largest absolute Gasteiger partial charge is 0.488 e. The van der Waals surface area contributed by atoms with E-state index < -0.39 is 23.8 Å². The number of nitrogens with zero attached hydrogens (tertiary/aromatic N) is 1. The number of ether oxygens (including phenoxy) is 2. The normalized spacial score (nSPS) is 11.1. The quantitative estimate of drug-likeness (QED) is 0.197. The Morgan fingerprint density at radius 3 is 2.02 bits per heavy atom. The molecule has 0 radical (unpaired) electrons.